The number of rotatable bonds is 2. The van der Waals surface area contributed by atoms with Crippen molar-refractivity contribution in [3.63, 3.8) is 0 Å². The molecule has 3 saturated heterocycles. The zero-order valence-corrected chi connectivity index (χ0v) is 13.2. The number of nitrogens with zero attached hydrogens (tertiary/aromatic N) is 2. The molecule has 25 heavy (non-hydrogen) atoms. The van der Waals surface area contributed by atoms with Crippen LogP contribution in [-0.2, 0) is 9.53 Å². The second-order valence-corrected chi connectivity index (χ2v) is 6.92. The van der Waals surface area contributed by atoms with E-state index in [-0.39, 0.29) is 35.6 Å². The summed E-state index contributed by atoms with van der Waals surface area (Å²) in [4.78, 5) is 25.3. The van der Waals surface area contributed by atoms with Crippen LogP contribution in [0.5, 0.6) is 0 Å². The van der Waals surface area contributed by atoms with Crippen molar-refractivity contribution in [3.05, 3.63) is 46.5 Å². The highest BCUT2D eigenvalue weighted by Gasteiger charge is 2.62. The molecule has 7 heteroatoms. The number of ether oxygens (including phenoxy) is 1. The van der Waals surface area contributed by atoms with Crippen molar-refractivity contribution in [1.82, 2.24) is 0 Å². The number of carbonyl (C=O) groups is 1. The highest BCUT2D eigenvalue weighted by atomic mass is 16.6. The molecule has 2 aromatic carbocycles. The lowest BCUT2D eigenvalue weighted by atomic mass is 9.81. The molecule has 1 amide bonds. The van der Waals surface area contributed by atoms with Crippen molar-refractivity contribution in [3.8, 4) is 0 Å². The van der Waals surface area contributed by atoms with Gasteiger partial charge in [0.05, 0.1) is 34.1 Å². The molecular formula is C18H16N2O5. The Balaban J connectivity index is 1.66. The summed E-state index contributed by atoms with van der Waals surface area (Å²) in [5, 5.41) is 23.2. The Morgan fingerprint density at radius 2 is 1.84 bits per heavy atom. The number of anilines is 1. The second kappa shape index (κ2) is 5.00. The first-order valence-corrected chi connectivity index (χ1v) is 8.40. The molecule has 2 bridgehead atoms. The number of non-ortho nitro benzene ring substituents is 1. The average Bonchev–Trinajstić information content (AvgIpc) is 3.28. The summed E-state index contributed by atoms with van der Waals surface area (Å²) < 4.78 is 5.81. The number of amides is 1. The van der Waals surface area contributed by atoms with Crippen molar-refractivity contribution in [2.45, 2.75) is 31.3 Å². The topological polar surface area (TPSA) is 92.9 Å². The molecule has 0 saturated carbocycles. The number of benzene rings is 2. The lowest BCUT2D eigenvalue weighted by Crippen LogP contribution is -2.38. The van der Waals surface area contributed by atoms with Gasteiger partial charge in [0.1, 0.15) is 6.23 Å². The molecule has 128 valence electrons. The van der Waals surface area contributed by atoms with Crippen LogP contribution < -0.4 is 4.90 Å². The molecule has 0 spiro atoms. The fourth-order valence-electron chi connectivity index (χ4n) is 4.78. The van der Waals surface area contributed by atoms with Gasteiger partial charge in [0.2, 0.25) is 5.91 Å². The monoisotopic (exact) mass is 340 g/mol. The molecule has 7 nitrogen and oxygen atoms in total. The van der Waals surface area contributed by atoms with E-state index < -0.39 is 11.2 Å². The third-order valence-electron chi connectivity index (χ3n) is 5.80. The van der Waals surface area contributed by atoms with E-state index in [0.29, 0.717) is 16.5 Å². The molecule has 0 aliphatic carbocycles. The number of aliphatic hydroxyl groups is 1. The van der Waals surface area contributed by atoms with Crippen LogP contribution >= 0.6 is 0 Å². The maximum Gasteiger partial charge on any atom is 0.277 e. The standard InChI is InChI=1S/C18H16N2O5/c21-17-15-13-7-8-14(25-13)16(15)18(22)19(17)11-5-6-12(20(23)24)10-4-2-1-3-9(10)11/h1-6,13-17,21H,7-8H2/t13-,14+,15-,16-,17?/m0/s1. The highest BCUT2D eigenvalue weighted by molar-refractivity contribution is 6.08. The number of hydrogen-bond donors (Lipinski definition) is 1. The first-order chi connectivity index (χ1) is 12.1. The summed E-state index contributed by atoms with van der Waals surface area (Å²) >= 11 is 0. The van der Waals surface area contributed by atoms with Gasteiger partial charge in [0.15, 0.2) is 0 Å². The van der Waals surface area contributed by atoms with Crippen LogP contribution in [-0.4, -0.2) is 34.4 Å². The molecule has 5 rings (SSSR count). The molecule has 5 atom stereocenters. The van der Waals surface area contributed by atoms with Crippen molar-refractivity contribution in [2.75, 3.05) is 4.90 Å². The van der Waals surface area contributed by atoms with Gasteiger partial charge in [-0.15, -0.1) is 0 Å². The number of hydrogen-bond acceptors (Lipinski definition) is 5. The van der Waals surface area contributed by atoms with E-state index in [1.165, 1.54) is 11.0 Å². The first kappa shape index (κ1) is 14.8. The van der Waals surface area contributed by atoms with Gasteiger partial charge in [0.25, 0.3) is 5.69 Å². The number of carbonyl (C=O) groups excluding carboxylic acids is 1. The Kier molecular flexibility index (Phi) is 2.96. The maximum atomic E-state index is 13.0. The third kappa shape index (κ3) is 1.85. The van der Waals surface area contributed by atoms with Crippen molar-refractivity contribution in [2.24, 2.45) is 11.8 Å². The van der Waals surface area contributed by atoms with E-state index in [1.54, 1.807) is 30.3 Å². The van der Waals surface area contributed by atoms with Crippen LogP contribution in [0.3, 0.4) is 0 Å². The van der Waals surface area contributed by atoms with Gasteiger partial charge < -0.3 is 9.84 Å². The van der Waals surface area contributed by atoms with Gasteiger partial charge in [-0.25, -0.2) is 0 Å². The minimum Gasteiger partial charge on any atom is -0.374 e. The third-order valence-corrected chi connectivity index (χ3v) is 5.80. The van der Waals surface area contributed by atoms with E-state index in [0.717, 1.165) is 12.8 Å². The lowest BCUT2D eigenvalue weighted by molar-refractivity contribution is -0.383. The van der Waals surface area contributed by atoms with Crippen molar-refractivity contribution >= 4 is 28.1 Å². The minimum atomic E-state index is -0.960. The number of aliphatic hydroxyl groups excluding tert-OH is 1. The fourth-order valence-corrected chi connectivity index (χ4v) is 4.78. The summed E-state index contributed by atoms with van der Waals surface area (Å²) in [6.45, 7) is 0. The van der Waals surface area contributed by atoms with Crippen LogP contribution in [0.4, 0.5) is 11.4 Å². The maximum absolute atomic E-state index is 13.0. The van der Waals surface area contributed by atoms with Gasteiger partial charge >= 0.3 is 0 Å². The van der Waals surface area contributed by atoms with Crippen LogP contribution in [0.25, 0.3) is 10.8 Å². The second-order valence-electron chi connectivity index (χ2n) is 6.92. The SMILES string of the molecule is O=C1[C@@H]2[C@@H](C(O)N1c1ccc([N+](=O)[O-])c3ccccc13)[C@@H]1CC[C@H]2O1. The smallest absolute Gasteiger partial charge is 0.277 e. The predicted octanol–water partition coefficient (Wildman–Crippen LogP) is 2.21. The molecule has 0 radical (unpaired) electrons. The average molecular weight is 340 g/mol. The van der Waals surface area contributed by atoms with E-state index in [1.807, 2.05) is 0 Å². The summed E-state index contributed by atoms with van der Waals surface area (Å²) in [6, 6.07) is 9.87. The molecule has 3 aliphatic rings. The zero-order chi connectivity index (χ0) is 17.3. The molecule has 3 aliphatic heterocycles. The normalized spacial score (nSPS) is 33.2. The molecule has 0 aromatic heterocycles. The van der Waals surface area contributed by atoms with Gasteiger partial charge in [-0.2, -0.15) is 0 Å². The summed E-state index contributed by atoms with van der Waals surface area (Å²) in [5.74, 6) is -0.688. The number of nitro benzene ring substituents is 1. The van der Waals surface area contributed by atoms with Gasteiger partial charge in [0, 0.05) is 17.4 Å². The summed E-state index contributed by atoms with van der Waals surface area (Å²) in [7, 11) is 0. The van der Waals surface area contributed by atoms with E-state index in [4.69, 9.17) is 4.74 Å². The fraction of sp³-hybridized carbons (Fsp3) is 0.389. The van der Waals surface area contributed by atoms with Crippen molar-refractivity contribution < 1.29 is 19.6 Å². The summed E-state index contributed by atoms with van der Waals surface area (Å²) in [5.41, 5.74) is 0.511. The minimum absolute atomic E-state index is 0.0101. The highest BCUT2D eigenvalue weighted by Crippen LogP contribution is 2.52. The summed E-state index contributed by atoms with van der Waals surface area (Å²) in [6.07, 6.45) is 0.553. The number of fused-ring (bicyclic) bond motifs is 6. The van der Waals surface area contributed by atoms with Crippen LogP contribution in [0.2, 0.25) is 0 Å². The Hall–Kier alpha value is -2.51. The Labute approximate surface area is 142 Å². The molecular weight excluding hydrogens is 324 g/mol. The van der Waals surface area contributed by atoms with Gasteiger partial charge in [-0.05, 0) is 25.0 Å². The molecule has 1 N–H and O–H groups in total. The molecule has 3 heterocycles. The Morgan fingerprint density at radius 1 is 1.12 bits per heavy atom. The van der Waals surface area contributed by atoms with Crippen LogP contribution in [0.1, 0.15) is 12.8 Å². The van der Waals surface area contributed by atoms with Crippen LogP contribution in [0.15, 0.2) is 36.4 Å². The number of nitro groups is 1. The van der Waals surface area contributed by atoms with Gasteiger partial charge in [-0.3, -0.25) is 19.8 Å². The Morgan fingerprint density at radius 3 is 2.56 bits per heavy atom. The molecule has 2 aromatic rings. The van der Waals surface area contributed by atoms with E-state index in [2.05, 4.69) is 0 Å². The van der Waals surface area contributed by atoms with Crippen molar-refractivity contribution in [1.29, 1.82) is 0 Å². The van der Waals surface area contributed by atoms with Gasteiger partial charge in [-0.1, -0.05) is 18.2 Å². The predicted molar refractivity (Wildman–Crippen MR) is 89.0 cm³/mol. The largest absolute Gasteiger partial charge is 0.374 e. The first-order valence-electron chi connectivity index (χ1n) is 8.40. The Bertz CT molecular complexity index is 913. The molecule has 1 unspecified atom stereocenters. The van der Waals surface area contributed by atoms with E-state index in [9.17, 15) is 20.0 Å². The van der Waals surface area contributed by atoms with E-state index >= 15 is 0 Å². The van der Waals surface area contributed by atoms with Crippen LogP contribution in [0, 0.1) is 22.0 Å². The molecule has 3 fully saturated rings. The lowest BCUT2D eigenvalue weighted by Gasteiger charge is -2.26. The zero-order valence-electron chi connectivity index (χ0n) is 13.2. The quantitative estimate of drug-likeness (QED) is 0.668.